The first kappa shape index (κ1) is 28.5. The molecule has 0 bridgehead atoms. The molecule has 2 aromatic carbocycles. The number of nitrogens with zero attached hydrogens (tertiary/aromatic N) is 1. The van der Waals surface area contributed by atoms with E-state index in [9.17, 15) is 28.6 Å². The molecule has 10 nitrogen and oxygen atoms in total. The predicted octanol–water partition coefficient (Wildman–Crippen LogP) is 2.30. The number of hydrogen-bond donors (Lipinski definition) is 4. The number of aryl methyl sites for hydroxylation is 1. The molecular formula is C27H36N2O8S. The molecule has 11 heteroatoms. The molecule has 38 heavy (non-hydrogen) atoms. The summed E-state index contributed by atoms with van der Waals surface area (Å²) in [5.41, 5.74) is 5.72. The van der Waals surface area contributed by atoms with Crippen LogP contribution in [0.2, 0.25) is 0 Å². The number of benzene rings is 2. The zero-order chi connectivity index (χ0) is 27.5. The highest BCUT2D eigenvalue weighted by atomic mass is 32.2. The molecule has 2 aliphatic rings. The number of sulfonamides is 1. The van der Waals surface area contributed by atoms with Crippen molar-refractivity contribution < 1.29 is 38.1 Å². The fourth-order valence-corrected chi connectivity index (χ4v) is 7.51. The summed E-state index contributed by atoms with van der Waals surface area (Å²) in [7, 11) is -3.99. The second kappa shape index (κ2) is 11.7. The molecule has 2 fully saturated rings. The van der Waals surface area contributed by atoms with Crippen LogP contribution in [0.1, 0.15) is 49.7 Å². The first-order valence-electron chi connectivity index (χ1n) is 12.8. The lowest BCUT2D eigenvalue weighted by molar-refractivity contribution is -0.134. The molecule has 2 saturated heterocycles. The summed E-state index contributed by atoms with van der Waals surface area (Å²) < 4.78 is 37.7. The molecule has 4 N–H and O–H groups in total. The Hall–Kier alpha value is -2.54. The minimum Gasteiger partial charge on any atom is -0.485 e. The Kier molecular flexibility index (Phi) is 8.75. The van der Waals surface area contributed by atoms with E-state index in [1.807, 2.05) is 31.2 Å². The minimum atomic E-state index is -3.99. The first-order chi connectivity index (χ1) is 18.1. The standard InChI is InChI=1S/C27H36N2O8S/c1-18-16-21(6-7-24(18)22-4-3-5-23(17-22)37-19(2)25(30)31)20-8-12-29(13-9-20)38(34,35)27(26(32)28-33)10-14-36-15-11-27/h3-7,16-17,19-20,25,30-31,33H,8-15H2,1-2H3,(H,28,32)/t19-/m0/s1. The minimum absolute atomic E-state index is 0.00798. The monoisotopic (exact) mass is 548 g/mol. The second-order valence-corrected chi connectivity index (χ2v) is 12.3. The van der Waals surface area contributed by atoms with Crippen molar-refractivity contribution in [3.8, 4) is 16.9 Å². The van der Waals surface area contributed by atoms with Gasteiger partial charge < -0.3 is 19.7 Å². The van der Waals surface area contributed by atoms with E-state index in [-0.39, 0.29) is 32.0 Å². The fraction of sp³-hybridized carbons (Fsp3) is 0.519. The van der Waals surface area contributed by atoms with Crippen LogP contribution in [0.4, 0.5) is 0 Å². The van der Waals surface area contributed by atoms with Crippen LogP contribution in [0, 0.1) is 6.92 Å². The van der Waals surface area contributed by atoms with E-state index in [0.29, 0.717) is 31.7 Å². The Morgan fingerprint density at radius 1 is 1.13 bits per heavy atom. The number of carbonyl (C=O) groups is 1. The van der Waals surface area contributed by atoms with Crippen LogP contribution >= 0.6 is 0 Å². The summed E-state index contributed by atoms with van der Waals surface area (Å²) in [5, 5.41) is 27.9. The molecule has 2 aromatic rings. The topological polar surface area (TPSA) is 146 Å². The van der Waals surface area contributed by atoms with E-state index >= 15 is 0 Å². The van der Waals surface area contributed by atoms with Crippen LogP contribution in [0.15, 0.2) is 42.5 Å². The highest BCUT2D eigenvalue weighted by Crippen LogP contribution is 2.38. The maximum atomic E-state index is 13.6. The van der Waals surface area contributed by atoms with Gasteiger partial charge in [0.15, 0.2) is 11.0 Å². The maximum absolute atomic E-state index is 13.6. The average molecular weight is 549 g/mol. The normalized spacial score (nSPS) is 19.7. The van der Waals surface area contributed by atoms with Gasteiger partial charge in [0.05, 0.1) is 0 Å². The van der Waals surface area contributed by atoms with Crippen molar-refractivity contribution >= 4 is 15.9 Å². The summed E-state index contributed by atoms with van der Waals surface area (Å²) in [5.74, 6) is -0.184. The second-order valence-electron chi connectivity index (χ2n) is 10.1. The summed E-state index contributed by atoms with van der Waals surface area (Å²) in [4.78, 5) is 12.5. The van der Waals surface area contributed by atoms with Crippen molar-refractivity contribution in [2.75, 3.05) is 26.3 Å². The van der Waals surface area contributed by atoms with Gasteiger partial charge >= 0.3 is 0 Å². The van der Waals surface area contributed by atoms with Gasteiger partial charge in [-0.3, -0.25) is 10.0 Å². The first-order valence-corrected chi connectivity index (χ1v) is 14.3. The van der Waals surface area contributed by atoms with Gasteiger partial charge in [-0.1, -0.05) is 30.3 Å². The predicted molar refractivity (Wildman–Crippen MR) is 140 cm³/mol. The summed E-state index contributed by atoms with van der Waals surface area (Å²) >= 11 is 0. The number of hydrogen-bond acceptors (Lipinski definition) is 8. The highest BCUT2D eigenvalue weighted by Gasteiger charge is 2.54. The lowest BCUT2D eigenvalue weighted by atomic mass is 9.87. The number of nitrogens with one attached hydrogen (secondary N) is 1. The molecular weight excluding hydrogens is 512 g/mol. The number of ether oxygens (including phenoxy) is 2. The molecule has 0 radical (unpaired) electrons. The van der Waals surface area contributed by atoms with Gasteiger partial charge in [0.2, 0.25) is 10.0 Å². The number of carbonyl (C=O) groups excluding carboxylic acids is 1. The summed E-state index contributed by atoms with van der Waals surface area (Å²) in [6.07, 6.45) is -1.08. The van der Waals surface area contributed by atoms with Gasteiger partial charge in [-0.25, -0.2) is 18.2 Å². The van der Waals surface area contributed by atoms with Gasteiger partial charge in [-0.15, -0.1) is 0 Å². The van der Waals surface area contributed by atoms with E-state index in [1.54, 1.807) is 18.5 Å². The van der Waals surface area contributed by atoms with Crippen LogP contribution in [0.3, 0.4) is 0 Å². The quantitative estimate of drug-likeness (QED) is 0.223. The maximum Gasteiger partial charge on any atom is 0.266 e. The molecule has 1 amide bonds. The molecule has 0 unspecified atom stereocenters. The van der Waals surface area contributed by atoms with Gasteiger partial charge in [0, 0.05) is 39.1 Å². The molecule has 1 atom stereocenters. The van der Waals surface area contributed by atoms with E-state index in [1.165, 1.54) is 4.31 Å². The van der Waals surface area contributed by atoms with E-state index in [0.717, 1.165) is 22.3 Å². The molecule has 208 valence electrons. The van der Waals surface area contributed by atoms with Gasteiger partial charge in [-0.2, -0.15) is 0 Å². The third kappa shape index (κ3) is 5.58. The van der Waals surface area contributed by atoms with Crippen LogP contribution in [-0.4, -0.2) is 77.5 Å². The lowest BCUT2D eigenvalue weighted by Gasteiger charge is -2.40. The number of aliphatic hydroxyl groups excluding tert-OH is 1. The zero-order valence-corrected chi connectivity index (χ0v) is 22.5. The van der Waals surface area contributed by atoms with Crippen LogP contribution in [0.5, 0.6) is 5.75 Å². The Bertz CT molecular complexity index is 1240. The van der Waals surface area contributed by atoms with Crippen molar-refractivity contribution in [1.82, 2.24) is 9.79 Å². The van der Waals surface area contributed by atoms with Crippen molar-refractivity contribution in [1.29, 1.82) is 0 Å². The summed E-state index contributed by atoms with van der Waals surface area (Å²) in [6, 6.07) is 13.7. The number of piperidine rings is 1. The Labute approximate surface area is 223 Å². The highest BCUT2D eigenvalue weighted by molar-refractivity contribution is 7.91. The number of aliphatic hydroxyl groups is 2. The van der Waals surface area contributed by atoms with Crippen molar-refractivity contribution in [3.05, 3.63) is 53.6 Å². The van der Waals surface area contributed by atoms with Gasteiger partial charge in [-0.05, 0) is 67.0 Å². The van der Waals surface area contributed by atoms with Crippen molar-refractivity contribution in [3.63, 3.8) is 0 Å². The number of hydroxylamine groups is 1. The Morgan fingerprint density at radius 3 is 2.42 bits per heavy atom. The third-order valence-corrected chi connectivity index (χ3v) is 10.3. The SMILES string of the molecule is Cc1cc(C2CCN(S(=O)(=O)C3(C(=O)NO)CCOCC3)CC2)ccc1-c1cccc(O[C@@H](C)C(O)O)c1. The van der Waals surface area contributed by atoms with E-state index in [2.05, 4.69) is 12.1 Å². The van der Waals surface area contributed by atoms with Gasteiger partial charge in [0.1, 0.15) is 11.9 Å². The van der Waals surface area contributed by atoms with Crippen LogP contribution < -0.4 is 10.2 Å². The molecule has 0 spiro atoms. The largest absolute Gasteiger partial charge is 0.485 e. The fourth-order valence-electron chi connectivity index (χ4n) is 5.36. The van der Waals surface area contributed by atoms with E-state index in [4.69, 9.17) is 9.47 Å². The zero-order valence-electron chi connectivity index (χ0n) is 21.7. The van der Waals surface area contributed by atoms with Gasteiger partial charge in [0.25, 0.3) is 5.91 Å². The van der Waals surface area contributed by atoms with Crippen molar-refractivity contribution in [2.24, 2.45) is 0 Å². The molecule has 0 aliphatic carbocycles. The molecule has 4 rings (SSSR count). The Balaban J connectivity index is 1.46. The molecule has 0 saturated carbocycles. The number of amides is 1. The van der Waals surface area contributed by atoms with Crippen molar-refractivity contribution in [2.45, 2.75) is 62.6 Å². The van der Waals surface area contributed by atoms with Crippen LogP contribution in [0.25, 0.3) is 11.1 Å². The number of rotatable bonds is 8. The average Bonchev–Trinajstić information content (AvgIpc) is 2.93. The summed E-state index contributed by atoms with van der Waals surface area (Å²) in [6.45, 7) is 4.48. The molecule has 0 aromatic heterocycles. The molecule has 2 heterocycles. The lowest BCUT2D eigenvalue weighted by Crippen LogP contribution is -2.60. The third-order valence-electron chi connectivity index (χ3n) is 7.71. The smallest absolute Gasteiger partial charge is 0.266 e. The van der Waals surface area contributed by atoms with Crippen LogP contribution in [-0.2, 0) is 19.6 Å². The Morgan fingerprint density at radius 2 is 1.82 bits per heavy atom. The van der Waals surface area contributed by atoms with E-state index < -0.39 is 33.1 Å². The molecule has 2 aliphatic heterocycles.